The minimum Gasteiger partial charge on any atom is -0.376 e. The van der Waals surface area contributed by atoms with Crippen LogP contribution < -0.4 is 9.50 Å². The van der Waals surface area contributed by atoms with Crippen LogP contribution in [0.2, 0.25) is 0 Å². The van der Waals surface area contributed by atoms with E-state index >= 15 is 0 Å². The van der Waals surface area contributed by atoms with Crippen LogP contribution in [0.5, 0.6) is 5.75 Å². The van der Waals surface area contributed by atoms with E-state index in [2.05, 4.69) is 50.2 Å². The monoisotopic (exact) mass is 1020 g/mol. The lowest BCUT2D eigenvalue weighted by Gasteiger charge is -2.38. The van der Waals surface area contributed by atoms with Crippen molar-refractivity contribution in [2.45, 2.75) is 112 Å². The molecule has 3 saturated heterocycles. The second-order valence-corrected chi connectivity index (χ2v) is 20.6. The Morgan fingerprint density at radius 3 is 1.52 bits per heavy atom. The van der Waals surface area contributed by atoms with Gasteiger partial charge in [0.2, 0.25) is 0 Å². The number of fused-ring (bicyclic) bond motifs is 9. The average molecular weight is 1020 g/mol. The number of carbonyl (C=O) groups is 2. The van der Waals surface area contributed by atoms with Crippen molar-refractivity contribution in [2.24, 2.45) is 14.1 Å². The number of piperidine rings is 3. The third-order valence-corrected chi connectivity index (χ3v) is 15.6. The molecule has 12 nitrogen and oxygen atoms in total. The Labute approximate surface area is 403 Å². The van der Waals surface area contributed by atoms with Crippen LogP contribution in [0.15, 0.2) is 79.4 Å². The SMILES string of the molecule is Cn1cc(-c2ccc3c(c2)[C@H]2CCCN(C(=O)C(F)(F)F)[C@H]2C3)cn1.Cn1cc(-c2ccc3c(c2)[C@H]2CCCN[C@H]2C3)cn1.O=C(N1CCC[C@@H]2c3cc(OS(=O)(=O)C(F)(F)F)ccc3C[C@@H]21)C(F)(F)F. The number of benzene rings is 3. The second-order valence-electron chi connectivity index (χ2n) is 19.0. The number of rotatable bonds is 4. The summed E-state index contributed by atoms with van der Waals surface area (Å²) in [6, 6.07) is 15.9. The molecule has 6 atom stereocenters. The Kier molecular flexibility index (Phi) is 13.3. The van der Waals surface area contributed by atoms with Gasteiger partial charge >= 0.3 is 39.8 Å². The normalized spacial score (nSPS) is 23.4. The van der Waals surface area contributed by atoms with E-state index in [1.807, 2.05) is 43.3 Å². The van der Waals surface area contributed by atoms with Gasteiger partial charge in [0.1, 0.15) is 5.75 Å². The van der Waals surface area contributed by atoms with Crippen molar-refractivity contribution >= 4 is 21.9 Å². The summed E-state index contributed by atoms with van der Waals surface area (Å²) in [7, 11) is -2.04. The molecule has 0 bridgehead atoms. The van der Waals surface area contributed by atoms with Gasteiger partial charge in [0, 0.05) is 80.7 Å². The van der Waals surface area contributed by atoms with E-state index in [-0.39, 0.29) is 37.9 Å². The van der Waals surface area contributed by atoms with Crippen molar-refractivity contribution in [2.75, 3.05) is 19.6 Å². The molecule has 3 aromatic carbocycles. The zero-order chi connectivity index (χ0) is 50.8. The molecule has 380 valence electrons. The van der Waals surface area contributed by atoms with Crippen molar-refractivity contribution in [3.63, 3.8) is 0 Å². The highest BCUT2D eigenvalue weighted by Gasteiger charge is 2.52. The summed E-state index contributed by atoms with van der Waals surface area (Å²) in [6.45, 7) is 1.30. The number of hydrogen-bond donors (Lipinski definition) is 1. The fourth-order valence-corrected chi connectivity index (χ4v) is 11.9. The van der Waals surface area contributed by atoms with Gasteiger partial charge < -0.3 is 19.3 Å². The van der Waals surface area contributed by atoms with E-state index in [1.54, 1.807) is 16.4 Å². The number of carbonyl (C=O) groups excluding carboxylic acids is 2. The number of nitrogens with one attached hydrogen (secondary N) is 1. The first-order valence-electron chi connectivity index (χ1n) is 23.3. The van der Waals surface area contributed by atoms with E-state index in [0.717, 1.165) is 56.5 Å². The third kappa shape index (κ3) is 10.1. The van der Waals surface area contributed by atoms with E-state index in [0.29, 0.717) is 36.4 Å². The van der Waals surface area contributed by atoms with Gasteiger partial charge in [-0.25, -0.2) is 0 Å². The second kappa shape index (κ2) is 18.9. The number of halogens is 9. The topological polar surface area (TPSA) is 132 Å². The molecule has 5 aromatic rings. The zero-order valence-corrected chi connectivity index (χ0v) is 39.3. The van der Waals surface area contributed by atoms with E-state index in [1.165, 1.54) is 48.6 Å². The third-order valence-electron chi connectivity index (χ3n) is 14.6. The van der Waals surface area contributed by atoms with Gasteiger partial charge in [-0.3, -0.25) is 19.0 Å². The van der Waals surface area contributed by atoms with Crippen molar-refractivity contribution in [3.05, 3.63) is 113 Å². The predicted octanol–water partition coefficient (Wildman–Crippen LogP) is 8.87. The fourth-order valence-electron chi connectivity index (χ4n) is 11.5. The van der Waals surface area contributed by atoms with Gasteiger partial charge in [0.15, 0.2) is 0 Å². The average Bonchev–Trinajstić information content (AvgIpc) is 4.17. The molecule has 3 fully saturated rings. The molecule has 0 spiro atoms. The Bertz CT molecular complexity index is 2930. The molecule has 5 heterocycles. The lowest BCUT2D eigenvalue weighted by molar-refractivity contribution is -0.189. The van der Waals surface area contributed by atoms with Gasteiger partial charge in [-0.1, -0.05) is 42.5 Å². The maximum absolute atomic E-state index is 12.9. The summed E-state index contributed by atoms with van der Waals surface area (Å²) in [4.78, 5) is 25.2. The summed E-state index contributed by atoms with van der Waals surface area (Å²) < 4.78 is 144. The lowest BCUT2D eigenvalue weighted by atomic mass is 9.87. The fraction of sp³-hybridized carbons (Fsp3) is 0.469. The molecule has 6 aliphatic rings. The van der Waals surface area contributed by atoms with Crippen LogP contribution in [0.25, 0.3) is 22.3 Å². The predicted molar refractivity (Wildman–Crippen MR) is 241 cm³/mol. The summed E-state index contributed by atoms with van der Waals surface area (Å²) in [5.41, 5.74) is 5.08. The van der Waals surface area contributed by atoms with Gasteiger partial charge in [-0.15, -0.1) is 0 Å². The number of amides is 2. The van der Waals surface area contributed by atoms with E-state index in [4.69, 9.17) is 0 Å². The van der Waals surface area contributed by atoms with Gasteiger partial charge in [0.25, 0.3) is 0 Å². The molecule has 22 heteroatoms. The molecule has 3 aliphatic carbocycles. The Hall–Kier alpha value is -5.90. The number of hydrogen-bond acceptors (Lipinski definition) is 8. The molecule has 0 saturated carbocycles. The molecular weight excluding hydrogens is 970 g/mol. The first kappa shape index (κ1) is 50.1. The number of aryl methyl sites for hydroxylation is 2. The smallest absolute Gasteiger partial charge is 0.376 e. The highest BCUT2D eigenvalue weighted by Crippen LogP contribution is 2.47. The molecule has 11 rings (SSSR count). The summed E-state index contributed by atoms with van der Waals surface area (Å²) in [5, 5.41) is 12.1. The van der Waals surface area contributed by atoms with Crippen LogP contribution in [0, 0.1) is 0 Å². The molecule has 71 heavy (non-hydrogen) atoms. The summed E-state index contributed by atoms with van der Waals surface area (Å²) in [5.74, 6) is -4.07. The van der Waals surface area contributed by atoms with Gasteiger partial charge in [0.05, 0.1) is 12.4 Å². The first-order chi connectivity index (χ1) is 33.5. The number of aromatic nitrogens is 4. The molecule has 0 radical (unpaired) electrons. The molecule has 2 amide bonds. The van der Waals surface area contributed by atoms with E-state index in [9.17, 15) is 57.5 Å². The molecular formula is C49H50F9N7O5S. The van der Waals surface area contributed by atoms with Crippen LogP contribution in [0.3, 0.4) is 0 Å². The van der Waals surface area contributed by atoms with Crippen LogP contribution in [0.4, 0.5) is 39.5 Å². The van der Waals surface area contributed by atoms with Crippen molar-refractivity contribution < 1.29 is 61.7 Å². The van der Waals surface area contributed by atoms with Crippen LogP contribution >= 0.6 is 0 Å². The van der Waals surface area contributed by atoms with Gasteiger partial charge in [-0.2, -0.15) is 58.1 Å². The van der Waals surface area contributed by atoms with Gasteiger partial charge in [-0.05, 0) is 127 Å². The maximum Gasteiger partial charge on any atom is 0.534 e. The van der Waals surface area contributed by atoms with Crippen LogP contribution in [0.1, 0.15) is 89.7 Å². The molecule has 1 N–H and O–H groups in total. The quantitative estimate of drug-likeness (QED) is 0.107. The molecule has 2 aromatic heterocycles. The van der Waals surface area contributed by atoms with Crippen molar-refractivity contribution in [1.82, 2.24) is 34.7 Å². The lowest BCUT2D eigenvalue weighted by Crippen LogP contribution is -2.51. The number of alkyl halides is 9. The Morgan fingerprint density at radius 1 is 0.606 bits per heavy atom. The Morgan fingerprint density at radius 2 is 1.06 bits per heavy atom. The summed E-state index contributed by atoms with van der Waals surface area (Å²) >= 11 is 0. The number of likely N-dealkylation sites (tertiary alicyclic amines) is 2. The first-order valence-corrected chi connectivity index (χ1v) is 24.7. The van der Waals surface area contributed by atoms with E-state index < -0.39 is 57.5 Å². The minimum atomic E-state index is -5.85. The van der Waals surface area contributed by atoms with Crippen LogP contribution in [-0.4, -0.2) is 105 Å². The largest absolute Gasteiger partial charge is 0.534 e. The maximum atomic E-state index is 12.9. The summed E-state index contributed by atoms with van der Waals surface area (Å²) in [6.07, 6.45) is 4.46. The van der Waals surface area contributed by atoms with Crippen molar-refractivity contribution in [1.29, 1.82) is 0 Å². The standard InChI is InChI=1S/C18H18F3N3O.C16H19N3.C15H13F6NO4S/c1-23-10-13(9-22-23)11-4-5-12-8-16-14(15(12)7-11)3-2-6-24(16)17(25)18(19,20)21;1-19-10-13(9-18-19)11-4-5-12-8-16-14(15(12)7-11)3-2-6-17-16;16-14(17,18)13(23)22-5-1-2-10-11-7-9(4-3-8(11)6-12(10)22)26-27(24,25)15(19,20)21/h4-5,7,9-10,14,16H,2-3,6,8H2,1H3;4-5,7,9-10,14,16-17H,2-3,6,8H2,1H3;3-4,7,10,12H,1-2,5-6H2/t2*14-,16+;10-,12+/m111/s1. The van der Waals surface area contributed by atoms with Crippen molar-refractivity contribution in [3.8, 4) is 28.0 Å². The van der Waals surface area contributed by atoms with Crippen LogP contribution in [-0.2, 0) is 53.1 Å². The minimum absolute atomic E-state index is 0.0216. The Balaban J connectivity index is 0.000000134. The molecule has 0 unspecified atom stereocenters. The highest BCUT2D eigenvalue weighted by atomic mass is 32.2. The molecule has 3 aliphatic heterocycles. The number of nitrogens with zero attached hydrogens (tertiary/aromatic N) is 6. The highest BCUT2D eigenvalue weighted by molar-refractivity contribution is 7.88. The zero-order valence-electron chi connectivity index (χ0n) is 38.5.